The third-order valence-electron chi connectivity index (χ3n) is 3.57. The highest BCUT2D eigenvalue weighted by Crippen LogP contribution is 2.27. The number of aromatic nitrogens is 2. The van der Waals surface area contributed by atoms with E-state index < -0.39 is 17.3 Å². The maximum atomic E-state index is 13.9. The van der Waals surface area contributed by atoms with Crippen molar-refractivity contribution in [1.82, 2.24) is 9.97 Å². The largest absolute Gasteiger partial charge is 0.478 e. The van der Waals surface area contributed by atoms with Crippen LogP contribution in [0.4, 0.5) is 10.2 Å². The van der Waals surface area contributed by atoms with Crippen LogP contribution in [0.25, 0.3) is 16.8 Å². The molecule has 118 valence electrons. The van der Waals surface area contributed by atoms with Gasteiger partial charge in [-0.05, 0) is 24.1 Å². The molecular weight excluding hydrogens is 301 g/mol. The third kappa shape index (κ3) is 3.04. The minimum Gasteiger partial charge on any atom is -0.478 e. The predicted molar refractivity (Wildman–Crippen MR) is 82.2 cm³/mol. The van der Waals surface area contributed by atoms with E-state index in [4.69, 9.17) is 15.6 Å². The highest BCUT2D eigenvalue weighted by atomic mass is 19.1. The lowest BCUT2D eigenvalue weighted by molar-refractivity contribution is 0.0692. The molecule has 1 aromatic heterocycles. The molecule has 7 heteroatoms. The minimum atomic E-state index is -1.32. The summed E-state index contributed by atoms with van der Waals surface area (Å²) in [6, 6.07) is 3.76. The lowest BCUT2D eigenvalue weighted by Gasteiger charge is -2.14. The molecule has 23 heavy (non-hydrogen) atoms. The van der Waals surface area contributed by atoms with Crippen molar-refractivity contribution in [1.29, 1.82) is 0 Å². The Kier molecular flexibility index (Phi) is 4.03. The summed E-state index contributed by atoms with van der Waals surface area (Å²) in [7, 11) is 0. The predicted octanol–water partition coefficient (Wildman–Crippen LogP) is 2.37. The van der Waals surface area contributed by atoms with Gasteiger partial charge in [0.2, 0.25) is 0 Å². The van der Waals surface area contributed by atoms with Gasteiger partial charge in [-0.15, -0.1) is 0 Å². The van der Waals surface area contributed by atoms with Gasteiger partial charge in [0.1, 0.15) is 17.3 Å². The van der Waals surface area contributed by atoms with Gasteiger partial charge in [0, 0.05) is 5.56 Å². The molecule has 0 saturated heterocycles. The Bertz CT molecular complexity index is 805. The van der Waals surface area contributed by atoms with Crippen molar-refractivity contribution in [2.24, 2.45) is 0 Å². The number of carbonyl (C=O) groups is 1. The van der Waals surface area contributed by atoms with E-state index in [0.717, 1.165) is 11.6 Å². The maximum Gasteiger partial charge on any atom is 0.338 e. The first-order valence-corrected chi connectivity index (χ1v) is 6.99. The zero-order valence-electron chi connectivity index (χ0n) is 12.1. The second kappa shape index (κ2) is 6.13. The summed E-state index contributed by atoms with van der Waals surface area (Å²) in [5.41, 5.74) is 7.80. The van der Waals surface area contributed by atoms with Crippen LogP contribution in [-0.4, -0.2) is 34.3 Å². The number of nitrogens with two attached hydrogens (primary N) is 1. The van der Waals surface area contributed by atoms with Crippen LogP contribution in [0.2, 0.25) is 0 Å². The number of carboxylic acid groups (broad SMARTS) is 1. The molecule has 0 spiro atoms. The van der Waals surface area contributed by atoms with Gasteiger partial charge in [0.15, 0.2) is 0 Å². The van der Waals surface area contributed by atoms with Crippen molar-refractivity contribution in [2.45, 2.75) is 6.42 Å². The van der Waals surface area contributed by atoms with E-state index in [1.807, 2.05) is 6.08 Å². The molecule has 0 bridgehead atoms. The highest BCUT2D eigenvalue weighted by molar-refractivity contribution is 5.89. The molecule has 1 aliphatic rings. The number of carboxylic acids is 1. The number of hydrogen-bond acceptors (Lipinski definition) is 5. The highest BCUT2D eigenvalue weighted by Gasteiger charge is 2.16. The molecule has 2 heterocycles. The smallest absolute Gasteiger partial charge is 0.338 e. The summed E-state index contributed by atoms with van der Waals surface area (Å²) in [5.74, 6) is -2.01. The number of benzene rings is 1. The van der Waals surface area contributed by atoms with Gasteiger partial charge >= 0.3 is 5.97 Å². The van der Waals surface area contributed by atoms with E-state index in [0.29, 0.717) is 36.6 Å². The lowest BCUT2D eigenvalue weighted by atomic mass is 10.1. The van der Waals surface area contributed by atoms with Crippen LogP contribution in [0, 0.1) is 5.82 Å². The fourth-order valence-corrected chi connectivity index (χ4v) is 2.36. The van der Waals surface area contributed by atoms with Crippen LogP contribution in [0.15, 0.2) is 30.5 Å². The molecule has 0 atom stereocenters. The first kappa shape index (κ1) is 15.1. The average molecular weight is 315 g/mol. The molecule has 0 aliphatic carbocycles. The molecule has 1 aromatic carbocycles. The summed E-state index contributed by atoms with van der Waals surface area (Å²) < 4.78 is 19.1. The summed E-state index contributed by atoms with van der Waals surface area (Å²) in [5, 5.41) is 8.88. The van der Waals surface area contributed by atoms with Crippen molar-refractivity contribution in [2.75, 3.05) is 18.9 Å². The van der Waals surface area contributed by atoms with Crippen LogP contribution < -0.4 is 5.73 Å². The van der Waals surface area contributed by atoms with Crippen molar-refractivity contribution < 1.29 is 19.0 Å². The van der Waals surface area contributed by atoms with E-state index in [-0.39, 0.29) is 5.82 Å². The molecule has 1 aliphatic heterocycles. The Balaban J connectivity index is 2.04. The van der Waals surface area contributed by atoms with E-state index >= 15 is 0 Å². The number of rotatable bonds is 3. The number of hydrogen-bond donors (Lipinski definition) is 2. The summed E-state index contributed by atoms with van der Waals surface area (Å²) in [6.07, 6.45) is 4.20. The van der Waals surface area contributed by atoms with Gasteiger partial charge in [0.25, 0.3) is 0 Å². The van der Waals surface area contributed by atoms with Gasteiger partial charge < -0.3 is 15.6 Å². The molecule has 3 rings (SSSR count). The Morgan fingerprint density at radius 2 is 2.22 bits per heavy atom. The van der Waals surface area contributed by atoms with Crippen LogP contribution in [0.1, 0.15) is 22.5 Å². The molecule has 0 fully saturated rings. The number of nitrogen functional groups attached to an aromatic ring is 1. The SMILES string of the molecule is Nc1ncc(C2=CCOCC2)nc1-c1ccc(C(=O)O)c(F)c1. The van der Waals surface area contributed by atoms with Crippen molar-refractivity contribution in [3.05, 3.63) is 47.5 Å². The van der Waals surface area contributed by atoms with Crippen LogP contribution in [0.5, 0.6) is 0 Å². The monoisotopic (exact) mass is 315 g/mol. The number of halogens is 1. The molecule has 3 N–H and O–H groups in total. The Morgan fingerprint density at radius 3 is 2.87 bits per heavy atom. The van der Waals surface area contributed by atoms with E-state index in [1.165, 1.54) is 12.1 Å². The number of nitrogens with zero attached hydrogens (tertiary/aromatic N) is 2. The first-order chi connectivity index (χ1) is 11.1. The van der Waals surface area contributed by atoms with Crippen molar-refractivity contribution in [3.63, 3.8) is 0 Å². The van der Waals surface area contributed by atoms with Gasteiger partial charge in [0.05, 0.1) is 30.7 Å². The second-order valence-corrected chi connectivity index (χ2v) is 5.04. The van der Waals surface area contributed by atoms with Gasteiger partial charge in [-0.1, -0.05) is 12.1 Å². The van der Waals surface area contributed by atoms with Gasteiger partial charge in [-0.3, -0.25) is 0 Å². The first-order valence-electron chi connectivity index (χ1n) is 6.99. The summed E-state index contributed by atoms with van der Waals surface area (Å²) in [4.78, 5) is 19.5. The van der Waals surface area contributed by atoms with Crippen molar-refractivity contribution >= 4 is 17.4 Å². The maximum absolute atomic E-state index is 13.9. The average Bonchev–Trinajstić information content (AvgIpc) is 2.55. The Labute approximate surface area is 131 Å². The van der Waals surface area contributed by atoms with E-state index in [1.54, 1.807) is 6.20 Å². The normalized spacial score (nSPS) is 14.4. The van der Waals surface area contributed by atoms with Gasteiger partial charge in [-0.2, -0.15) is 0 Å². The van der Waals surface area contributed by atoms with Crippen molar-refractivity contribution in [3.8, 4) is 11.3 Å². The van der Waals surface area contributed by atoms with Gasteiger partial charge in [-0.25, -0.2) is 19.2 Å². The standard InChI is InChI=1S/C16H14FN3O3/c17-12-7-10(1-2-11(12)16(21)22)14-15(18)19-8-13(20-14)9-3-5-23-6-4-9/h1-3,7-8H,4-6H2,(H2,18,19)(H,21,22). The number of aromatic carboxylic acids is 1. The summed E-state index contributed by atoms with van der Waals surface area (Å²) in [6.45, 7) is 1.12. The minimum absolute atomic E-state index is 0.156. The zero-order chi connectivity index (χ0) is 16.4. The van der Waals surface area contributed by atoms with Crippen LogP contribution >= 0.6 is 0 Å². The van der Waals surface area contributed by atoms with Crippen LogP contribution in [0.3, 0.4) is 0 Å². The lowest BCUT2D eigenvalue weighted by Crippen LogP contribution is -2.07. The molecule has 0 saturated carbocycles. The number of anilines is 1. The summed E-state index contributed by atoms with van der Waals surface area (Å²) >= 11 is 0. The molecule has 2 aromatic rings. The topological polar surface area (TPSA) is 98.3 Å². The fourth-order valence-electron chi connectivity index (χ4n) is 2.36. The van der Waals surface area contributed by atoms with E-state index in [9.17, 15) is 9.18 Å². The Morgan fingerprint density at radius 1 is 1.39 bits per heavy atom. The molecule has 0 radical (unpaired) electrons. The van der Waals surface area contributed by atoms with E-state index in [2.05, 4.69) is 9.97 Å². The molecular formula is C16H14FN3O3. The molecule has 0 unspecified atom stereocenters. The molecule has 6 nitrogen and oxygen atoms in total. The third-order valence-corrected chi connectivity index (χ3v) is 3.57. The fraction of sp³-hybridized carbons (Fsp3) is 0.188. The second-order valence-electron chi connectivity index (χ2n) is 5.04. The Hall–Kier alpha value is -2.80. The molecule has 0 amide bonds. The number of ether oxygens (including phenoxy) is 1. The zero-order valence-corrected chi connectivity index (χ0v) is 12.1. The van der Waals surface area contributed by atoms with Crippen LogP contribution in [-0.2, 0) is 4.74 Å². The quantitative estimate of drug-likeness (QED) is 0.902.